The molecule has 0 aromatic heterocycles. The highest BCUT2D eigenvalue weighted by Crippen LogP contribution is 2.26. The first-order chi connectivity index (χ1) is 9.83. The average molecular weight is 266 g/mol. The van der Waals surface area contributed by atoms with E-state index in [9.17, 15) is 4.79 Å². The van der Waals surface area contributed by atoms with E-state index in [1.165, 1.54) is 0 Å². The first kappa shape index (κ1) is 12.4. The fourth-order valence-electron chi connectivity index (χ4n) is 2.09. The zero-order valence-electron chi connectivity index (χ0n) is 10.8. The standard InChI is InChI=1S/C16H14N2O2/c19-16(13-9-5-2-6-10-13)17-15-11-14(20-18-15)12-7-3-1-4-8-12/h1-10,14H,11H2,(H,17,18,19). The van der Waals surface area contributed by atoms with Crippen LogP contribution in [0.4, 0.5) is 0 Å². The smallest absolute Gasteiger partial charge is 0.256 e. The number of carbonyl (C=O) groups excluding carboxylic acids is 1. The van der Waals surface area contributed by atoms with Crippen LogP contribution in [0.25, 0.3) is 0 Å². The molecule has 0 saturated heterocycles. The lowest BCUT2D eigenvalue weighted by molar-refractivity contribution is 0.0855. The van der Waals surface area contributed by atoms with Crippen molar-refractivity contribution in [3.63, 3.8) is 0 Å². The van der Waals surface area contributed by atoms with Crippen LogP contribution in [0.3, 0.4) is 0 Å². The van der Waals surface area contributed by atoms with Gasteiger partial charge in [0.05, 0.1) is 6.42 Å². The molecule has 4 heteroatoms. The molecule has 1 N–H and O–H groups in total. The largest absolute Gasteiger partial charge is 0.386 e. The number of hydrogen-bond acceptors (Lipinski definition) is 3. The highest BCUT2D eigenvalue weighted by molar-refractivity contribution is 6.06. The van der Waals surface area contributed by atoms with Gasteiger partial charge in [0.1, 0.15) is 0 Å². The lowest BCUT2D eigenvalue weighted by atomic mass is 10.1. The summed E-state index contributed by atoms with van der Waals surface area (Å²) in [5.41, 5.74) is 1.67. The molecule has 1 unspecified atom stereocenters. The second kappa shape index (κ2) is 5.57. The zero-order valence-corrected chi connectivity index (χ0v) is 10.8. The van der Waals surface area contributed by atoms with Gasteiger partial charge in [-0.25, -0.2) is 0 Å². The van der Waals surface area contributed by atoms with Crippen molar-refractivity contribution >= 4 is 11.7 Å². The quantitative estimate of drug-likeness (QED) is 0.908. The number of rotatable bonds is 2. The van der Waals surface area contributed by atoms with Gasteiger partial charge in [0.25, 0.3) is 5.91 Å². The van der Waals surface area contributed by atoms with Gasteiger partial charge in [-0.3, -0.25) is 4.79 Å². The molecule has 0 bridgehead atoms. The summed E-state index contributed by atoms with van der Waals surface area (Å²) in [6, 6.07) is 18.9. The molecule has 20 heavy (non-hydrogen) atoms. The van der Waals surface area contributed by atoms with Gasteiger partial charge >= 0.3 is 0 Å². The Balaban J connectivity index is 1.62. The Kier molecular flexibility index (Phi) is 3.46. The molecular formula is C16H14N2O2. The van der Waals surface area contributed by atoms with Crippen molar-refractivity contribution in [2.24, 2.45) is 5.16 Å². The van der Waals surface area contributed by atoms with Crippen LogP contribution in [-0.2, 0) is 4.84 Å². The summed E-state index contributed by atoms with van der Waals surface area (Å²) in [4.78, 5) is 17.4. The van der Waals surface area contributed by atoms with E-state index in [0.717, 1.165) is 5.56 Å². The predicted octanol–water partition coefficient (Wildman–Crippen LogP) is 2.89. The number of amidine groups is 1. The molecule has 0 saturated carbocycles. The normalized spacial score (nSPS) is 17.2. The van der Waals surface area contributed by atoms with Crippen LogP contribution < -0.4 is 5.32 Å². The van der Waals surface area contributed by atoms with Gasteiger partial charge in [0.15, 0.2) is 11.9 Å². The summed E-state index contributed by atoms with van der Waals surface area (Å²) in [5, 5.41) is 6.72. The highest BCUT2D eigenvalue weighted by atomic mass is 16.6. The molecule has 1 amide bonds. The number of carbonyl (C=O) groups is 1. The Labute approximate surface area is 117 Å². The van der Waals surface area contributed by atoms with Crippen molar-refractivity contribution in [3.05, 3.63) is 71.8 Å². The summed E-state index contributed by atoms with van der Waals surface area (Å²) in [6.45, 7) is 0. The highest BCUT2D eigenvalue weighted by Gasteiger charge is 2.24. The first-order valence-corrected chi connectivity index (χ1v) is 6.47. The van der Waals surface area contributed by atoms with Gasteiger partial charge < -0.3 is 10.2 Å². The van der Waals surface area contributed by atoms with E-state index in [4.69, 9.17) is 4.84 Å². The van der Waals surface area contributed by atoms with E-state index in [-0.39, 0.29) is 12.0 Å². The molecule has 3 rings (SSSR count). The second-order valence-electron chi connectivity index (χ2n) is 4.57. The lowest BCUT2D eigenvalue weighted by Crippen LogP contribution is -2.29. The maximum Gasteiger partial charge on any atom is 0.256 e. The van der Waals surface area contributed by atoms with Crippen LogP contribution >= 0.6 is 0 Å². The zero-order chi connectivity index (χ0) is 13.8. The minimum Gasteiger partial charge on any atom is -0.386 e. The Morgan fingerprint density at radius 2 is 1.70 bits per heavy atom. The van der Waals surface area contributed by atoms with E-state index in [2.05, 4.69) is 10.5 Å². The van der Waals surface area contributed by atoms with Gasteiger partial charge in [0.2, 0.25) is 0 Å². The summed E-state index contributed by atoms with van der Waals surface area (Å²) < 4.78 is 0. The molecular weight excluding hydrogens is 252 g/mol. The number of hydrogen-bond donors (Lipinski definition) is 1. The fraction of sp³-hybridized carbons (Fsp3) is 0.125. The van der Waals surface area contributed by atoms with E-state index in [1.54, 1.807) is 12.1 Å². The maximum atomic E-state index is 12.0. The van der Waals surface area contributed by atoms with E-state index in [0.29, 0.717) is 17.8 Å². The monoisotopic (exact) mass is 266 g/mol. The molecule has 2 aromatic carbocycles. The lowest BCUT2D eigenvalue weighted by Gasteiger charge is -2.07. The Morgan fingerprint density at radius 3 is 2.40 bits per heavy atom. The van der Waals surface area contributed by atoms with Gasteiger partial charge in [0, 0.05) is 5.56 Å². The number of amides is 1. The summed E-state index contributed by atoms with van der Waals surface area (Å²) in [7, 11) is 0. The third-order valence-electron chi connectivity index (χ3n) is 3.13. The van der Waals surface area contributed by atoms with Gasteiger partial charge in [-0.15, -0.1) is 0 Å². The minimum absolute atomic E-state index is 0.123. The van der Waals surface area contributed by atoms with Gasteiger partial charge in [-0.1, -0.05) is 53.7 Å². The SMILES string of the molecule is O=C(NC1=NOC(c2ccccc2)C1)c1ccccc1. The number of benzene rings is 2. The molecule has 2 aromatic rings. The van der Waals surface area contributed by atoms with E-state index < -0.39 is 0 Å². The molecule has 1 heterocycles. The average Bonchev–Trinajstić information content (AvgIpc) is 2.97. The molecule has 1 atom stereocenters. The van der Waals surface area contributed by atoms with Gasteiger partial charge in [-0.05, 0) is 17.7 Å². The Morgan fingerprint density at radius 1 is 1.05 bits per heavy atom. The molecule has 0 aliphatic carbocycles. The molecule has 1 aliphatic heterocycles. The van der Waals surface area contributed by atoms with Crippen LogP contribution in [-0.4, -0.2) is 11.7 Å². The van der Waals surface area contributed by atoms with E-state index >= 15 is 0 Å². The molecule has 0 radical (unpaired) electrons. The van der Waals surface area contributed by atoms with Crippen molar-refractivity contribution in [2.75, 3.05) is 0 Å². The van der Waals surface area contributed by atoms with Crippen LogP contribution in [0.1, 0.15) is 28.4 Å². The predicted molar refractivity (Wildman–Crippen MR) is 76.2 cm³/mol. The third-order valence-corrected chi connectivity index (χ3v) is 3.13. The van der Waals surface area contributed by atoms with Crippen molar-refractivity contribution in [1.82, 2.24) is 5.32 Å². The van der Waals surface area contributed by atoms with Gasteiger partial charge in [-0.2, -0.15) is 0 Å². The van der Waals surface area contributed by atoms with Crippen molar-refractivity contribution in [2.45, 2.75) is 12.5 Å². The summed E-state index contributed by atoms with van der Waals surface area (Å²) >= 11 is 0. The maximum absolute atomic E-state index is 12.0. The van der Waals surface area contributed by atoms with Crippen molar-refractivity contribution in [1.29, 1.82) is 0 Å². The van der Waals surface area contributed by atoms with Crippen LogP contribution in [0.5, 0.6) is 0 Å². The molecule has 0 fully saturated rings. The third kappa shape index (κ3) is 2.69. The number of nitrogens with zero attached hydrogens (tertiary/aromatic N) is 1. The summed E-state index contributed by atoms with van der Waals surface area (Å²) in [5.74, 6) is 0.398. The fourth-order valence-corrected chi connectivity index (χ4v) is 2.09. The van der Waals surface area contributed by atoms with Crippen molar-refractivity contribution in [3.8, 4) is 0 Å². The Bertz CT molecular complexity index is 623. The van der Waals surface area contributed by atoms with E-state index in [1.807, 2.05) is 48.5 Å². The van der Waals surface area contributed by atoms with Crippen LogP contribution in [0.2, 0.25) is 0 Å². The van der Waals surface area contributed by atoms with Crippen molar-refractivity contribution < 1.29 is 9.63 Å². The minimum atomic E-state index is -0.165. The topological polar surface area (TPSA) is 50.7 Å². The molecule has 4 nitrogen and oxygen atoms in total. The molecule has 0 spiro atoms. The molecule has 1 aliphatic rings. The van der Waals surface area contributed by atoms with Crippen LogP contribution in [0.15, 0.2) is 65.8 Å². The van der Waals surface area contributed by atoms with Crippen LogP contribution in [0, 0.1) is 0 Å². The molecule has 100 valence electrons. The second-order valence-corrected chi connectivity index (χ2v) is 4.57. The number of nitrogens with one attached hydrogen (secondary N) is 1. The Hall–Kier alpha value is -2.62. The number of oxime groups is 1. The first-order valence-electron chi connectivity index (χ1n) is 6.47. The summed E-state index contributed by atoms with van der Waals surface area (Å²) in [6.07, 6.45) is 0.449.